The lowest BCUT2D eigenvalue weighted by Crippen LogP contribution is -2.35. The van der Waals surface area contributed by atoms with Crippen LogP contribution in [0, 0.1) is 0 Å². The first-order valence-electron chi connectivity index (χ1n) is 7.48. The maximum absolute atomic E-state index is 12.7. The minimum Gasteiger partial charge on any atom is -0.352 e. The molecule has 1 saturated carbocycles. The Kier molecular flexibility index (Phi) is 4.72. The summed E-state index contributed by atoms with van der Waals surface area (Å²) in [6.07, 6.45) is 4.54. The Hall–Kier alpha value is -1.89. The van der Waals surface area contributed by atoms with Crippen LogP contribution in [0.25, 0.3) is 0 Å². The van der Waals surface area contributed by atoms with E-state index < -0.39 is 0 Å². The molecule has 1 aliphatic rings. The van der Waals surface area contributed by atoms with E-state index in [-0.39, 0.29) is 11.2 Å². The molecule has 22 heavy (non-hydrogen) atoms. The molecule has 1 atom stereocenters. The number of rotatable bonds is 5. The van der Waals surface area contributed by atoms with E-state index in [9.17, 15) is 4.79 Å². The average Bonchev–Trinajstić information content (AvgIpc) is 3.17. The van der Waals surface area contributed by atoms with Gasteiger partial charge < -0.3 is 5.32 Å². The van der Waals surface area contributed by atoms with Crippen molar-refractivity contribution >= 4 is 17.7 Å². The number of thioether (sulfide) groups is 1. The number of tetrazole rings is 1. The third-order valence-corrected chi connectivity index (χ3v) is 5.13. The topological polar surface area (TPSA) is 72.7 Å². The molecule has 7 heteroatoms. The van der Waals surface area contributed by atoms with Gasteiger partial charge in [-0.15, -0.1) is 5.10 Å². The molecule has 1 aromatic carbocycles. The van der Waals surface area contributed by atoms with E-state index in [1.807, 2.05) is 30.3 Å². The summed E-state index contributed by atoms with van der Waals surface area (Å²) in [7, 11) is 1.78. The smallest absolute Gasteiger partial charge is 0.238 e. The Balaban J connectivity index is 1.79. The van der Waals surface area contributed by atoms with Crippen LogP contribution in [-0.4, -0.2) is 32.2 Å². The third-order valence-electron chi connectivity index (χ3n) is 3.85. The number of nitrogens with zero attached hydrogens (tertiary/aromatic N) is 4. The molecule has 2 aromatic rings. The summed E-state index contributed by atoms with van der Waals surface area (Å²) in [5, 5.41) is 14.9. The lowest BCUT2D eigenvalue weighted by Gasteiger charge is -2.19. The number of carbonyl (C=O) groups is 1. The summed E-state index contributed by atoms with van der Waals surface area (Å²) in [4.78, 5) is 12.7. The molecule has 1 aromatic heterocycles. The summed E-state index contributed by atoms with van der Waals surface area (Å²) >= 11 is 1.38. The van der Waals surface area contributed by atoms with Crippen molar-refractivity contribution in [2.75, 3.05) is 0 Å². The van der Waals surface area contributed by atoms with Gasteiger partial charge in [-0.1, -0.05) is 54.9 Å². The maximum atomic E-state index is 12.7. The van der Waals surface area contributed by atoms with E-state index in [1.165, 1.54) is 24.6 Å². The molecule has 1 heterocycles. The zero-order valence-electron chi connectivity index (χ0n) is 12.5. The molecule has 0 aliphatic heterocycles. The summed E-state index contributed by atoms with van der Waals surface area (Å²) in [5.74, 6) is 0.0334. The van der Waals surface area contributed by atoms with Gasteiger partial charge in [0.05, 0.1) is 0 Å². The van der Waals surface area contributed by atoms with E-state index in [4.69, 9.17) is 0 Å². The Morgan fingerprint density at radius 3 is 2.68 bits per heavy atom. The van der Waals surface area contributed by atoms with E-state index in [0.29, 0.717) is 11.2 Å². The van der Waals surface area contributed by atoms with Crippen LogP contribution < -0.4 is 5.32 Å². The minimum absolute atomic E-state index is 0.0334. The SMILES string of the molecule is Cn1nnnc1S[C@@H](C(=O)NC1CCCC1)c1ccccc1. The Bertz CT molecular complexity index is 624. The molecule has 116 valence electrons. The third kappa shape index (κ3) is 3.47. The van der Waals surface area contributed by atoms with E-state index in [2.05, 4.69) is 20.8 Å². The highest BCUT2D eigenvalue weighted by Crippen LogP contribution is 2.34. The Labute approximate surface area is 133 Å². The van der Waals surface area contributed by atoms with Gasteiger partial charge in [0.25, 0.3) is 0 Å². The van der Waals surface area contributed by atoms with Crippen LogP contribution in [0.1, 0.15) is 36.5 Å². The van der Waals surface area contributed by atoms with Gasteiger partial charge >= 0.3 is 0 Å². The second kappa shape index (κ2) is 6.91. The summed E-state index contributed by atoms with van der Waals surface area (Å²) in [6.45, 7) is 0. The molecule has 1 amide bonds. The molecule has 1 N–H and O–H groups in total. The van der Waals surface area contributed by atoms with Gasteiger partial charge in [-0.25, -0.2) is 4.68 Å². The average molecular weight is 317 g/mol. The molecule has 0 radical (unpaired) electrons. The van der Waals surface area contributed by atoms with Crippen molar-refractivity contribution in [2.24, 2.45) is 7.05 Å². The first-order valence-corrected chi connectivity index (χ1v) is 8.36. The van der Waals surface area contributed by atoms with E-state index >= 15 is 0 Å². The zero-order chi connectivity index (χ0) is 15.4. The highest BCUT2D eigenvalue weighted by Gasteiger charge is 2.27. The second-order valence-electron chi connectivity index (χ2n) is 5.48. The van der Waals surface area contributed by atoms with Crippen LogP contribution in [0.15, 0.2) is 35.5 Å². The number of benzene rings is 1. The van der Waals surface area contributed by atoms with Gasteiger partial charge in [-0.05, 0) is 28.8 Å². The van der Waals surface area contributed by atoms with Crippen LogP contribution >= 0.6 is 11.8 Å². The molecule has 0 spiro atoms. The number of hydrogen-bond donors (Lipinski definition) is 1. The molecule has 0 unspecified atom stereocenters. The number of hydrogen-bond acceptors (Lipinski definition) is 5. The van der Waals surface area contributed by atoms with Gasteiger partial charge in [0.15, 0.2) is 0 Å². The molecule has 0 bridgehead atoms. The quantitative estimate of drug-likeness (QED) is 0.855. The molecule has 1 fully saturated rings. The van der Waals surface area contributed by atoms with Gasteiger partial charge in [0, 0.05) is 13.1 Å². The first-order chi connectivity index (χ1) is 10.7. The number of nitrogens with one attached hydrogen (secondary N) is 1. The molecular weight excluding hydrogens is 298 g/mol. The zero-order valence-corrected chi connectivity index (χ0v) is 13.3. The maximum Gasteiger partial charge on any atom is 0.238 e. The van der Waals surface area contributed by atoms with Crippen molar-refractivity contribution in [1.29, 1.82) is 0 Å². The highest BCUT2D eigenvalue weighted by molar-refractivity contribution is 8.00. The lowest BCUT2D eigenvalue weighted by atomic mass is 10.1. The first kappa shape index (κ1) is 15.0. The molecular formula is C15H19N5OS. The normalized spacial score (nSPS) is 16.6. The van der Waals surface area contributed by atoms with Crippen molar-refractivity contribution in [3.8, 4) is 0 Å². The molecule has 3 rings (SSSR count). The lowest BCUT2D eigenvalue weighted by molar-refractivity contribution is -0.121. The molecule has 1 aliphatic carbocycles. The van der Waals surface area contributed by atoms with Crippen molar-refractivity contribution in [3.63, 3.8) is 0 Å². The van der Waals surface area contributed by atoms with Crippen molar-refractivity contribution in [2.45, 2.75) is 42.1 Å². The van der Waals surface area contributed by atoms with Crippen LogP contribution in [0.4, 0.5) is 0 Å². The van der Waals surface area contributed by atoms with Gasteiger partial charge in [-0.2, -0.15) is 0 Å². The van der Waals surface area contributed by atoms with Crippen LogP contribution in [0.5, 0.6) is 0 Å². The fourth-order valence-electron chi connectivity index (χ4n) is 2.67. The van der Waals surface area contributed by atoms with E-state index in [1.54, 1.807) is 11.7 Å². The van der Waals surface area contributed by atoms with Crippen LogP contribution in [-0.2, 0) is 11.8 Å². The van der Waals surface area contributed by atoms with Crippen LogP contribution in [0.2, 0.25) is 0 Å². The van der Waals surface area contributed by atoms with Crippen molar-refractivity contribution < 1.29 is 4.79 Å². The van der Waals surface area contributed by atoms with Gasteiger partial charge in [0.2, 0.25) is 11.1 Å². The standard InChI is InChI=1S/C15H19N5OS/c1-20-15(17-18-19-20)22-13(11-7-3-2-4-8-11)14(21)16-12-9-5-6-10-12/h2-4,7-8,12-13H,5-6,9-10H2,1H3,(H,16,21)/t13-/m1/s1. The highest BCUT2D eigenvalue weighted by atomic mass is 32.2. The second-order valence-corrected chi connectivity index (χ2v) is 6.56. The molecule has 6 nitrogen and oxygen atoms in total. The van der Waals surface area contributed by atoms with Gasteiger partial charge in [0.1, 0.15) is 5.25 Å². The molecule has 0 saturated heterocycles. The fourth-order valence-corrected chi connectivity index (χ4v) is 3.63. The minimum atomic E-state index is -0.341. The van der Waals surface area contributed by atoms with Crippen molar-refractivity contribution in [1.82, 2.24) is 25.5 Å². The van der Waals surface area contributed by atoms with Gasteiger partial charge in [-0.3, -0.25) is 4.79 Å². The Morgan fingerprint density at radius 1 is 1.32 bits per heavy atom. The van der Waals surface area contributed by atoms with E-state index in [0.717, 1.165) is 18.4 Å². The largest absolute Gasteiger partial charge is 0.352 e. The number of carbonyl (C=O) groups excluding carboxylic acids is 1. The number of amides is 1. The van der Waals surface area contributed by atoms with Crippen LogP contribution in [0.3, 0.4) is 0 Å². The number of aryl methyl sites for hydroxylation is 1. The monoisotopic (exact) mass is 317 g/mol. The fraction of sp³-hybridized carbons (Fsp3) is 0.467. The summed E-state index contributed by atoms with van der Waals surface area (Å²) in [5.41, 5.74) is 0.964. The Morgan fingerprint density at radius 2 is 2.05 bits per heavy atom. The van der Waals surface area contributed by atoms with Crippen molar-refractivity contribution in [3.05, 3.63) is 35.9 Å². The predicted octanol–water partition coefficient (Wildman–Crippen LogP) is 2.10. The summed E-state index contributed by atoms with van der Waals surface area (Å²) in [6, 6.07) is 10.1. The number of aromatic nitrogens is 4. The summed E-state index contributed by atoms with van der Waals surface area (Å²) < 4.78 is 1.59. The predicted molar refractivity (Wildman–Crippen MR) is 84.2 cm³/mol.